The molecule has 0 bridgehead atoms. The van der Waals surface area contributed by atoms with Gasteiger partial charge in [0.2, 0.25) is 0 Å². The van der Waals surface area contributed by atoms with E-state index in [0.717, 1.165) is 0 Å². The molecule has 1 rings (SSSR count). The van der Waals surface area contributed by atoms with Crippen molar-refractivity contribution in [3.05, 3.63) is 29.3 Å². The molecule has 2 amide bonds. The number of carbonyl (C=O) groups excluding carboxylic acids is 3. The number of methoxy groups -OCH3 is 2. The fraction of sp³-hybridized carbons (Fsp3) is 0.250. The molecule has 0 spiro atoms. The molecule has 0 fully saturated rings. The Morgan fingerprint density at radius 1 is 1.00 bits per heavy atom. The Bertz CT molecular complexity index is 479. The van der Waals surface area contributed by atoms with Gasteiger partial charge in [-0.3, -0.25) is 10.1 Å². The van der Waals surface area contributed by atoms with Crippen LogP contribution < -0.4 is 10.6 Å². The van der Waals surface area contributed by atoms with Crippen LogP contribution in [0.5, 0.6) is 0 Å². The monoisotopic (exact) mass is 266 g/mol. The van der Waals surface area contributed by atoms with Crippen LogP contribution in [0.15, 0.2) is 18.2 Å². The third kappa shape index (κ3) is 3.70. The molecular weight excluding hydrogens is 252 g/mol. The van der Waals surface area contributed by atoms with Gasteiger partial charge < -0.3 is 14.8 Å². The molecule has 2 N–H and O–H groups in total. The van der Waals surface area contributed by atoms with E-state index in [1.54, 1.807) is 0 Å². The number of benzene rings is 1. The lowest BCUT2D eigenvalue weighted by atomic mass is 10.1. The van der Waals surface area contributed by atoms with Crippen molar-refractivity contribution in [3.8, 4) is 0 Å². The smallest absolute Gasteiger partial charge is 0.411 e. The van der Waals surface area contributed by atoms with Gasteiger partial charge >= 0.3 is 12.1 Å². The molecule has 0 aliphatic heterocycles. The molecule has 0 aliphatic rings. The maximum Gasteiger partial charge on any atom is 0.411 e. The summed E-state index contributed by atoms with van der Waals surface area (Å²) in [6.45, 7) is 0. The van der Waals surface area contributed by atoms with Crippen LogP contribution in [0.1, 0.15) is 20.7 Å². The van der Waals surface area contributed by atoms with Gasteiger partial charge in [0.05, 0.1) is 19.8 Å². The zero-order chi connectivity index (χ0) is 14.4. The maximum atomic E-state index is 11.6. The largest absolute Gasteiger partial charge is 0.465 e. The minimum absolute atomic E-state index is 0.148. The highest BCUT2D eigenvalue weighted by atomic mass is 16.5. The van der Waals surface area contributed by atoms with Crippen molar-refractivity contribution in [1.82, 2.24) is 5.32 Å². The Labute approximate surface area is 109 Å². The summed E-state index contributed by atoms with van der Waals surface area (Å²) >= 11 is 0. The molecule has 0 radical (unpaired) electrons. The number of carbonyl (C=O) groups is 3. The summed E-state index contributed by atoms with van der Waals surface area (Å²) in [6.07, 6.45) is -0.704. The van der Waals surface area contributed by atoms with Gasteiger partial charge in [-0.2, -0.15) is 0 Å². The van der Waals surface area contributed by atoms with E-state index >= 15 is 0 Å². The molecule has 0 saturated carbocycles. The van der Waals surface area contributed by atoms with Crippen molar-refractivity contribution in [2.75, 3.05) is 26.6 Å². The second kappa shape index (κ2) is 6.39. The predicted molar refractivity (Wildman–Crippen MR) is 67.2 cm³/mol. The van der Waals surface area contributed by atoms with Gasteiger partial charge in [-0.1, -0.05) is 0 Å². The van der Waals surface area contributed by atoms with Crippen LogP contribution in [0.4, 0.5) is 10.5 Å². The van der Waals surface area contributed by atoms with Crippen LogP contribution in [0, 0.1) is 0 Å². The second-order valence-electron chi connectivity index (χ2n) is 3.49. The lowest BCUT2D eigenvalue weighted by Gasteiger charge is -2.08. The van der Waals surface area contributed by atoms with Crippen molar-refractivity contribution in [3.63, 3.8) is 0 Å². The van der Waals surface area contributed by atoms with E-state index in [9.17, 15) is 14.4 Å². The van der Waals surface area contributed by atoms with Crippen LogP contribution in [0.2, 0.25) is 0 Å². The van der Waals surface area contributed by atoms with Gasteiger partial charge in [0.25, 0.3) is 5.91 Å². The Hall–Kier alpha value is -2.57. The first kappa shape index (κ1) is 14.5. The highest BCUT2D eigenvalue weighted by Crippen LogP contribution is 2.16. The van der Waals surface area contributed by atoms with Crippen molar-refractivity contribution < 1.29 is 23.9 Å². The molecule has 0 aliphatic carbocycles. The SMILES string of the molecule is CNC(=O)c1cc(NC(=O)OC)cc(C(=O)OC)c1. The van der Waals surface area contributed by atoms with Crippen LogP contribution in [0.25, 0.3) is 0 Å². The number of anilines is 1. The topological polar surface area (TPSA) is 93.7 Å². The van der Waals surface area contributed by atoms with Crippen molar-refractivity contribution >= 4 is 23.7 Å². The van der Waals surface area contributed by atoms with Crippen LogP contribution in [0.3, 0.4) is 0 Å². The van der Waals surface area contributed by atoms with Gasteiger partial charge in [-0.25, -0.2) is 9.59 Å². The molecule has 0 atom stereocenters. The molecule has 0 saturated heterocycles. The van der Waals surface area contributed by atoms with Gasteiger partial charge in [0.1, 0.15) is 0 Å². The van der Waals surface area contributed by atoms with E-state index in [2.05, 4.69) is 20.1 Å². The average molecular weight is 266 g/mol. The molecule has 7 nitrogen and oxygen atoms in total. The van der Waals surface area contributed by atoms with Gasteiger partial charge in [-0.15, -0.1) is 0 Å². The first-order valence-electron chi connectivity index (χ1n) is 5.32. The summed E-state index contributed by atoms with van der Waals surface area (Å²) in [5.41, 5.74) is 0.625. The van der Waals surface area contributed by atoms with Crippen LogP contribution in [-0.2, 0) is 9.47 Å². The van der Waals surface area contributed by atoms with Gasteiger partial charge in [0.15, 0.2) is 0 Å². The molecule has 0 unspecified atom stereocenters. The van der Waals surface area contributed by atoms with E-state index in [0.29, 0.717) is 0 Å². The number of hydrogen-bond donors (Lipinski definition) is 2. The van der Waals surface area contributed by atoms with Gasteiger partial charge in [0, 0.05) is 18.3 Å². The third-order valence-electron chi connectivity index (χ3n) is 2.28. The highest BCUT2D eigenvalue weighted by molar-refractivity contribution is 6.00. The summed E-state index contributed by atoms with van der Waals surface area (Å²) < 4.78 is 9.02. The lowest BCUT2D eigenvalue weighted by molar-refractivity contribution is 0.0600. The van der Waals surface area contributed by atoms with Gasteiger partial charge in [-0.05, 0) is 18.2 Å². The molecular formula is C12H14N2O5. The Morgan fingerprint density at radius 3 is 2.16 bits per heavy atom. The van der Waals surface area contributed by atoms with E-state index < -0.39 is 18.0 Å². The Morgan fingerprint density at radius 2 is 1.63 bits per heavy atom. The first-order valence-corrected chi connectivity index (χ1v) is 5.32. The molecule has 0 heterocycles. The van der Waals surface area contributed by atoms with Crippen LogP contribution in [-0.4, -0.2) is 39.2 Å². The Kier molecular flexibility index (Phi) is 4.87. The number of ether oxygens (including phenoxy) is 2. The van der Waals surface area contributed by atoms with E-state index in [1.807, 2.05) is 0 Å². The minimum atomic E-state index is -0.704. The first-order chi connectivity index (χ1) is 9.01. The van der Waals surface area contributed by atoms with E-state index in [1.165, 1.54) is 39.5 Å². The second-order valence-corrected chi connectivity index (χ2v) is 3.49. The zero-order valence-electron chi connectivity index (χ0n) is 10.8. The molecule has 102 valence electrons. The van der Waals surface area contributed by atoms with E-state index in [4.69, 9.17) is 0 Å². The fourth-order valence-electron chi connectivity index (χ4n) is 1.38. The standard InChI is InChI=1S/C12H14N2O5/c1-13-10(15)7-4-8(11(16)18-2)6-9(5-7)14-12(17)19-3/h4-6H,1-3H3,(H,13,15)(H,14,17). The van der Waals surface area contributed by atoms with Crippen molar-refractivity contribution in [2.45, 2.75) is 0 Å². The zero-order valence-corrected chi connectivity index (χ0v) is 10.8. The molecule has 7 heteroatoms. The molecule has 1 aromatic rings. The fourth-order valence-corrected chi connectivity index (χ4v) is 1.38. The van der Waals surface area contributed by atoms with Crippen molar-refractivity contribution in [2.24, 2.45) is 0 Å². The number of amides is 2. The summed E-state index contributed by atoms with van der Waals surface area (Å²) in [4.78, 5) is 34.2. The minimum Gasteiger partial charge on any atom is -0.465 e. The van der Waals surface area contributed by atoms with Crippen LogP contribution >= 0.6 is 0 Å². The summed E-state index contributed by atoms with van der Waals surface area (Å²) in [7, 11) is 3.89. The number of rotatable bonds is 3. The summed E-state index contributed by atoms with van der Waals surface area (Å²) in [5.74, 6) is -1.00. The quantitative estimate of drug-likeness (QED) is 0.796. The number of esters is 1. The lowest BCUT2D eigenvalue weighted by Crippen LogP contribution is -2.19. The third-order valence-corrected chi connectivity index (χ3v) is 2.28. The highest BCUT2D eigenvalue weighted by Gasteiger charge is 2.13. The average Bonchev–Trinajstić information content (AvgIpc) is 2.44. The summed E-state index contributed by atoms with van der Waals surface area (Å²) in [5, 5.41) is 4.81. The molecule has 0 aromatic heterocycles. The number of hydrogen-bond acceptors (Lipinski definition) is 5. The predicted octanol–water partition coefficient (Wildman–Crippen LogP) is 1.01. The molecule has 19 heavy (non-hydrogen) atoms. The summed E-state index contributed by atoms with van der Waals surface area (Å²) in [6, 6.07) is 4.17. The Balaban J connectivity index is 3.19. The normalized spacial score (nSPS) is 9.42. The van der Waals surface area contributed by atoms with Crippen molar-refractivity contribution in [1.29, 1.82) is 0 Å². The number of nitrogens with one attached hydrogen (secondary N) is 2. The van der Waals surface area contributed by atoms with E-state index in [-0.39, 0.29) is 16.8 Å². The molecule has 1 aromatic carbocycles. The maximum absolute atomic E-state index is 11.6.